The molecule has 0 unspecified atom stereocenters. The summed E-state index contributed by atoms with van der Waals surface area (Å²) in [6.45, 7) is 7.40. The number of halogens is 1. The van der Waals surface area contributed by atoms with Gasteiger partial charge in [-0.25, -0.2) is 0 Å². The van der Waals surface area contributed by atoms with Crippen molar-refractivity contribution in [1.82, 2.24) is 5.32 Å². The molecule has 0 radical (unpaired) electrons. The van der Waals surface area contributed by atoms with E-state index < -0.39 is 0 Å². The van der Waals surface area contributed by atoms with E-state index in [1.165, 1.54) is 0 Å². The van der Waals surface area contributed by atoms with Crippen LogP contribution < -0.4 is 5.32 Å². The molecule has 1 heterocycles. The third-order valence-corrected chi connectivity index (χ3v) is 1.67. The maximum Gasteiger partial charge on any atom is 0.228 e. The van der Waals surface area contributed by atoms with Gasteiger partial charge in [-0.2, -0.15) is 0 Å². The van der Waals surface area contributed by atoms with Crippen molar-refractivity contribution in [3.63, 3.8) is 0 Å². The van der Waals surface area contributed by atoms with E-state index >= 15 is 0 Å². The van der Waals surface area contributed by atoms with E-state index in [0.717, 1.165) is 9.15 Å². The Morgan fingerprint density at radius 3 is 2.73 bits per heavy atom. The third kappa shape index (κ3) is 2.18. The van der Waals surface area contributed by atoms with Gasteiger partial charge in [-0.3, -0.25) is 4.79 Å². The standard InChI is InChI=1S/C8H8INO/c1-5(9)3-7-4-8(11)10-6(7)2/h3H,1-2,4H2,(H,10,11)/b7-3-. The topological polar surface area (TPSA) is 29.1 Å². The highest BCUT2D eigenvalue weighted by Gasteiger charge is 2.17. The molecule has 3 heteroatoms. The van der Waals surface area contributed by atoms with Crippen LogP contribution in [0.3, 0.4) is 0 Å². The van der Waals surface area contributed by atoms with E-state index in [0.29, 0.717) is 12.1 Å². The van der Waals surface area contributed by atoms with Crippen LogP contribution in [-0.2, 0) is 4.79 Å². The summed E-state index contributed by atoms with van der Waals surface area (Å²) in [4.78, 5) is 10.8. The highest BCUT2D eigenvalue weighted by Crippen LogP contribution is 2.20. The number of hydrogen-bond acceptors (Lipinski definition) is 1. The summed E-state index contributed by atoms with van der Waals surface area (Å²) in [5, 5.41) is 2.63. The number of carbonyl (C=O) groups excluding carboxylic acids is 1. The first-order valence-corrected chi connectivity index (χ1v) is 4.21. The number of allylic oxidation sites excluding steroid dienone is 3. The lowest BCUT2D eigenvalue weighted by Gasteiger charge is -1.94. The average molecular weight is 261 g/mol. The molecular formula is C8H8INO. The molecule has 1 aliphatic heterocycles. The van der Waals surface area contributed by atoms with Gasteiger partial charge in [0.15, 0.2) is 0 Å². The normalized spacial score (nSPS) is 20.6. The van der Waals surface area contributed by atoms with Gasteiger partial charge in [-0.15, -0.1) is 0 Å². The number of carbonyl (C=O) groups is 1. The van der Waals surface area contributed by atoms with Crippen LogP contribution in [0.4, 0.5) is 0 Å². The lowest BCUT2D eigenvalue weighted by Crippen LogP contribution is -2.10. The summed E-state index contributed by atoms with van der Waals surface area (Å²) in [7, 11) is 0. The van der Waals surface area contributed by atoms with E-state index in [-0.39, 0.29) is 5.91 Å². The molecule has 1 fully saturated rings. The second-order valence-electron chi connectivity index (χ2n) is 2.32. The minimum Gasteiger partial charge on any atom is -0.326 e. The first kappa shape index (κ1) is 8.52. The molecule has 0 aromatic heterocycles. The first-order chi connectivity index (χ1) is 5.09. The second kappa shape index (κ2) is 3.21. The third-order valence-electron chi connectivity index (χ3n) is 1.36. The highest BCUT2D eigenvalue weighted by molar-refractivity contribution is 14.1. The fourth-order valence-corrected chi connectivity index (χ4v) is 1.28. The predicted octanol–water partition coefficient (Wildman–Crippen LogP) is 1.90. The molecule has 11 heavy (non-hydrogen) atoms. The molecule has 0 saturated carbocycles. The molecule has 2 nitrogen and oxygen atoms in total. The van der Waals surface area contributed by atoms with Crippen molar-refractivity contribution in [3.05, 3.63) is 34.1 Å². The van der Waals surface area contributed by atoms with Crippen molar-refractivity contribution in [2.45, 2.75) is 6.42 Å². The van der Waals surface area contributed by atoms with Gasteiger partial charge in [0.2, 0.25) is 5.91 Å². The van der Waals surface area contributed by atoms with Crippen LogP contribution in [0.1, 0.15) is 6.42 Å². The molecule has 0 spiro atoms. The smallest absolute Gasteiger partial charge is 0.228 e. The molecule has 0 aliphatic carbocycles. The Morgan fingerprint density at radius 2 is 2.36 bits per heavy atom. The number of hydrogen-bond donors (Lipinski definition) is 1. The minimum atomic E-state index is 0.0129. The molecule has 1 N–H and O–H groups in total. The molecule has 58 valence electrons. The summed E-state index contributed by atoms with van der Waals surface area (Å²) in [5.74, 6) is 0.0129. The van der Waals surface area contributed by atoms with Crippen LogP contribution in [0, 0.1) is 0 Å². The minimum absolute atomic E-state index is 0.0129. The molecular weight excluding hydrogens is 253 g/mol. The lowest BCUT2D eigenvalue weighted by atomic mass is 10.2. The Hall–Kier alpha value is -0.580. The molecule has 0 atom stereocenters. The lowest BCUT2D eigenvalue weighted by molar-refractivity contribution is -0.118. The zero-order valence-electron chi connectivity index (χ0n) is 5.98. The number of rotatable bonds is 1. The molecule has 0 aromatic rings. The van der Waals surface area contributed by atoms with Crippen LogP contribution in [0.5, 0.6) is 0 Å². The van der Waals surface area contributed by atoms with E-state index in [1.807, 2.05) is 6.08 Å². The number of nitrogens with one attached hydrogen (secondary N) is 1. The molecule has 1 rings (SSSR count). The maximum atomic E-state index is 10.8. The van der Waals surface area contributed by atoms with E-state index in [1.54, 1.807) is 0 Å². The van der Waals surface area contributed by atoms with E-state index in [4.69, 9.17) is 0 Å². The fourth-order valence-electron chi connectivity index (χ4n) is 0.900. The molecule has 0 bridgehead atoms. The molecule has 1 amide bonds. The van der Waals surface area contributed by atoms with Gasteiger partial charge in [-0.05, 0) is 34.2 Å². The molecule has 0 aromatic carbocycles. The summed E-state index contributed by atoms with van der Waals surface area (Å²) in [6.07, 6.45) is 2.29. The predicted molar refractivity (Wildman–Crippen MR) is 53.1 cm³/mol. The Balaban J connectivity index is 2.83. The van der Waals surface area contributed by atoms with Crippen molar-refractivity contribution in [1.29, 1.82) is 0 Å². The van der Waals surface area contributed by atoms with Crippen molar-refractivity contribution in [2.75, 3.05) is 0 Å². The highest BCUT2D eigenvalue weighted by atomic mass is 127. The van der Waals surface area contributed by atoms with Gasteiger partial charge >= 0.3 is 0 Å². The van der Waals surface area contributed by atoms with Crippen LogP contribution in [0.25, 0.3) is 0 Å². The largest absolute Gasteiger partial charge is 0.326 e. The Morgan fingerprint density at radius 1 is 1.73 bits per heavy atom. The average Bonchev–Trinajstić information content (AvgIpc) is 2.09. The quantitative estimate of drug-likeness (QED) is 0.717. The van der Waals surface area contributed by atoms with Crippen molar-refractivity contribution < 1.29 is 4.79 Å². The van der Waals surface area contributed by atoms with Crippen LogP contribution in [-0.4, -0.2) is 5.91 Å². The zero-order chi connectivity index (χ0) is 8.43. The molecule has 1 aliphatic rings. The Kier molecular flexibility index (Phi) is 2.49. The van der Waals surface area contributed by atoms with Gasteiger partial charge in [0.1, 0.15) is 0 Å². The maximum absolute atomic E-state index is 10.8. The van der Waals surface area contributed by atoms with Gasteiger partial charge in [-0.1, -0.05) is 13.2 Å². The van der Waals surface area contributed by atoms with Crippen molar-refractivity contribution in [2.24, 2.45) is 0 Å². The van der Waals surface area contributed by atoms with Crippen molar-refractivity contribution >= 4 is 28.5 Å². The summed E-state index contributed by atoms with van der Waals surface area (Å²) < 4.78 is 0.912. The fraction of sp³-hybridized carbons (Fsp3) is 0.125. The van der Waals surface area contributed by atoms with E-state index in [9.17, 15) is 4.79 Å². The molecule has 1 saturated heterocycles. The summed E-state index contributed by atoms with van der Waals surface area (Å²) >= 11 is 2.10. The SMILES string of the molecule is C=C(I)/C=C1/CC(=O)NC1=C. The zero-order valence-corrected chi connectivity index (χ0v) is 8.14. The first-order valence-electron chi connectivity index (χ1n) is 3.13. The summed E-state index contributed by atoms with van der Waals surface area (Å²) in [6, 6.07) is 0. The van der Waals surface area contributed by atoms with Gasteiger partial charge in [0, 0.05) is 9.28 Å². The number of amides is 1. The monoisotopic (exact) mass is 261 g/mol. The van der Waals surface area contributed by atoms with Gasteiger partial charge < -0.3 is 5.32 Å². The van der Waals surface area contributed by atoms with Crippen LogP contribution in [0.2, 0.25) is 0 Å². The van der Waals surface area contributed by atoms with E-state index in [2.05, 4.69) is 41.1 Å². The Bertz CT molecular complexity index is 265. The van der Waals surface area contributed by atoms with Crippen LogP contribution in [0.15, 0.2) is 34.1 Å². The van der Waals surface area contributed by atoms with Crippen molar-refractivity contribution in [3.8, 4) is 0 Å². The van der Waals surface area contributed by atoms with Gasteiger partial charge in [0.05, 0.1) is 6.42 Å². The van der Waals surface area contributed by atoms with Crippen LogP contribution >= 0.6 is 22.6 Å². The Labute approximate surface area is 79.2 Å². The second-order valence-corrected chi connectivity index (χ2v) is 3.71. The summed E-state index contributed by atoms with van der Waals surface area (Å²) in [5.41, 5.74) is 1.64. The van der Waals surface area contributed by atoms with Gasteiger partial charge in [0.25, 0.3) is 0 Å².